The molecule has 0 spiro atoms. The minimum atomic E-state index is 0.553. The zero-order valence-corrected chi connectivity index (χ0v) is 19.9. The fourth-order valence-corrected chi connectivity index (χ4v) is 4.16. The highest BCUT2D eigenvalue weighted by atomic mass is 32.1. The maximum atomic E-state index is 5.67. The molecule has 8 heteroatoms. The molecule has 0 fully saturated rings. The van der Waals surface area contributed by atoms with Gasteiger partial charge in [-0.05, 0) is 43.5 Å². The van der Waals surface area contributed by atoms with Gasteiger partial charge in [0.25, 0.3) is 0 Å². The van der Waals surface area contributed by atoms with Crippen molar-refractivity contribution in [1.82, 2.24) is 34.0 Å². The van der Waals surface area contributed by atoms with Gasteiger partial charge in [-0.25, -0.2) is 9.36 Å². The van der Waals surface area contributed by atoms with Gasteiger partial charge in [0, 0.05) is 48.9 Å². The van der Waals surface area contributed by atoms with Crippen molar-refractivity contribution in [3.8, 4) is 28.3 Å². The maximum Gasteiger partial charge on any atom is 0.199 e. The molecule has 0 amide bonds. The first-order valence-electron chi connectivity index (χ1n) is 11.0. The van der Waals surface area contributed by atoms with E-state index in [1.54, 1.807) is 12.4 Å². The number of rotatable bonds is 7. The molecule has 5 aromatic rings. The lowest BCUT2D eigenvalue weighted by Crippen LogP contribution is -2.22. The number of hydrogen-bond donors (Lipinski definition) is 0. The highest BCUT2D eigenvalue weighted by molar-refractivity contribution is 7.71. The first-order valence-corrected chi connectivity index (χ1v) is 11.4. The third-order valence-electron chi connectivity index (χ3n) is 5.63. The van der Waals surface area contributed by atoms with Gasteiger partial charge in [0.05, 0.1) is 18.1 Å². The Labute approximate surface area is 203 Å². The van der Waals surface area contributed by atoms with E-state index in [1.165, 1.54) is 0 Å². The summed E-state index contributed by atoms with van der Waals surface area (Å²) < 4.78 is 6.37. The zero-order valence-electron chi connectivity index (χ0n) is 19.1. The predicted molar refractivity (Wildman–Crippen MR) is 136 cm³/mol. The summed E-state index contributed by atoms with van der Waals surface area (Å²) in [6.45, 7) is 1.25. The van der Waals surface area contributed by atoms with Crippen molar-refractivity contribution in [1.29, 1.82) is 0 Å². The van der Waals surface area contributed by atoms with Crippen LogP contribution in [0.25, 0.3) is 28.3 Å². The van der Waals surface area contributed by atoms with E-state index in [1.807, 2.05) is 69.5 Å². The van der Waals surface area contributed by atoms with Gasteiger partial charge >= 0.3 is 0 Å². The average molecular weight is 468 g/mol. The summed E-state index contributed by atoms with van der Waals surface area (Å²) in [4.78, 5) is 6.40. The largest absolute Gasteiger partial charge is 0.303 e. The lowest BCUT2D eigenvalue weighted by Gasteiger charge is -2.16. The fourth-order valence-electron chi connectivity index (χ4n) is 3.97. The summed E-state index contributed by atoms with van der Waals surface area (Å²) in [5.74, 6) is 0.799. The molecule has 3 heterocycles. The standard InChI is InChI=1S/C26H25N7S/c1-30(19-33-26(34)31(2)25(29-33)21-12-9-15-27-16-21)17-22-18-32(23-13-7-4-8-14-23)28-24(22)20-10-5-3-6-11-20/h3-16,18H,17,19H2,1-2H3. The van der Waals surface area contributed by atoms with Crippen LogP contribution in [0.4, 0.5) is 0 Å². The normalized spacial score (nSPS) is 11.3. The van der Waals surface area contributed by atoms with Crippen molar-refractivity contribution in [3.05, 3.63) is 102 Å². The number of para-hydroxylation sites is 1. The smallest absolute Gasteiger partial charge is 0.199 e. The Kier molecular flexibility index (Phi) is 6.16. The molecule has 0 bridgehead atoms. The molecular formula is C26H25N7S. The van der Waals surface area contributed by atoms with Crippen molar-refractivity contribution in [2.75, 3.05) is 7.05 Å². The molecule has 0 saturated heterocycles. The molecule has 0 atom stereocenters. The van der Waals surface area contributed by atoms with E-state index in [4.69, 9.17) is 22.4 Å². The Hall–Kier alpha value is -3.88. The molecule has 0 N–H and O–H groups in total. The monoisotopic (exact) mass is 467 g/mol. The van der Waals surface area contributed by atoms with Crippen LogP contribution in [-0.4, -0.2) is 41.1 Å². The van der Waals surface area contributed by atoms with Crippen LogP contribution >= 0.6 is 12.2 Å². The molecular weight excluding hydrogens is 442 g/mol. The summed E-state index contributed by atoms with van der Waals surface area (Å²) in [6.07, 6.45) is 5.66. The molecule has 0 aliphatic carbocycles. The summed E-state index contributed by atoms with van der Waals surface area (Å²) in [5.41, 5.74) is 5.16. The molecule has 3 aromatic heterocycles. The van der Waals surface area contributed by atoms with Crippen molar-refractivity contribution in [2.24, 2.45) is 7.05 Å². The summed E-state index contributed by atoms with van der Waals surface area (Å²) in [6, 6.07) is 24.3. The lowest BCUT2D eigenvalue weighted by molar-refractivity contribution is 0.244. The van der Waals surface area contributed by atoms with Gasteiger partial charge in [-0.15, -0.1) is 0 Å². The molecule has 0 aliphatic heterocycles. The van der Waals surface area contributed by atoms with Gasteiger partial charge < -0.3 is 4.57 Å². The topological polar surface area (TPSA) is 56.7 Å². The minimum Gasteiger partial charge on any atom is -0.303 e. The van der Waals surface area contributed by atoms with Crippen molar-refractivity contribution in [3.63, 3.8) is 0 Å². The average Bonchev–Trinajstić information content (AvgIpc) is 3.42. The van der Waals surface area contributed by atoms with Crippen LogP contribution < -0.4 is 0 Å². The summed E-state index contributed by atoms with van der Waals surface area (Å²) >= 11 is 5.67. The Bertz CT molecular complexity index is 1440. The molecule has 0 unspecified atom stereocenters. The van der Waals surface area contributed by atoms with E-state index in [0.717, 1.165) is 33.9 Å². The van der Waals surface area contributed by atoms with Crippen LogP contribution in [0.2, 0.25) is 0 Å². The molecule has 0 saturated carbocycles. The number of benzene rings is 2. The van der Waals surface area contributed by atoms with Crippen molar-refractivity contribution < 1.29 is 0 Å². The highest BCUT2D eigenvalue weighted by Gasteiger charge is 2.16. The third-order valence-corrected chi connectivity index (χ3v) is 6.12. The number of nitrogens with zero attached hydrogens (tertiary/aromatic N) is 7. The van der Waals surface area contributed by atoms with Gasteiger partial charge in [0.1, 0.15) is 0 Å². The predicted octanol–water partition coefficient (Wildman–Crippen LogP) is 4.96. The minimum absolute atomic E-state index is 0.553. The van der Waals surface area contributed by atoms with Crippen LogP contribution in [-0.2, 0) is 20.3 Å². The van der Waals surface area contributed by atoms with Crippen LogP contribution in [0.1, 0.15) is 5.56 Å². The number of aromatic nitrogens is 6. The lowest BCUT2D eigenvalue weighted by atomic mass is 10.1. The summed E-state index contributed by atoms with van der Waals surface area (Å²) in [7, 11) is 4.00. The first-order chi connectivity index (χ1) is 16.6. The van der Waals surface area contributed by atoms with Crippen molar-refractivity contribution in [2.45, 2.75) is 13.2 Å². The maximum absolute atomic E-state index is 5.67. The van der Waals surface area contributed by atoms with E-state index in [0.29, 0.717) is 18.0 Å². The molecule has 170 valence electrons. The second-order valence-corrected chi connectivity index (χ2v) is 8.58. The Morgan fingerprint density at radius 2 is 1.59 bits per heavy atom. The zero-order chi connectivity index (χ0) is 23.5. The number of pyridine rings is 1. The molecule has 0 aliphatic rings. The quantitative estimate of drug-likeness (QED) is 0.317. The third kappa shape index (κ3) is 4.46. The Morgan fingerprint density at radius 1 is 0.882 bits per heavy atom. The molecule has 2 aromatic carbocycles. The number of hydrogen-bond acceptors (Lipinski definition) is 5. The molecule has 0 radical (unpaired) electrons. The summed E-state index contributed by atoms with van der Waals surface area (Å²) in [5, 5.41) is 9.69. The van der Waals surface area contributed by atoms with Gasteiger partial charge in [-0.3, -0.25) is 9.88 Å². The van der Waals surface area contributed by atoms with Gasteiger partial charge in [0.2, 0.25) is 0 Å². The SMILES string of the molecule is CN(Cc1cn(-c2ccccc2)nc1-c1ccccc1)Cn1nc(-c2cccnc2)n(C)c1=S. The van der Waals surface area contributed by atoms with Crippen LogP contribution in [0, 0.1) is 4.77 Å². The van der Waals surface area contributed by atoms with E-state index < -0.39 is 0 Å². The van der Waals surface area contributed by atoms with E-state index in [9.17, 15) is 0 Å². The Balaban J connectivity index is 1.43. The van der Waals surface area contributed by atoms with Crippen LogP contribution in [0.3, 0.4) is 0 Å². The van der Waals surface area contributed by atoms with E-state index >= 15 is 0 Å². The fraction of sp³-hybridized carbons (Fsp3) is 0.154. The highest BCUT2D eigenvalue weighted by Crippen LogP contribution is 2.25. The van der Waals surface area contributed by atoms with Crippen LogP contribution in [0.15, 0.2) is 91.4 Å². The van der Waals surface area contributed by atoms with Gasteiger partial charge in [0.15, 0.2) is 10.6 Å². The molecule has 5 rings (SSSR count). The van der Waals surface area contributed by atoms with Gasteiger partial charge in [-0.1, -0.05) is 48.5 Å². The van der Waals surface area contributed by atoms with E-state index in [2.05, 4.69) is 47.4 Å². The first kappa shape index (κ1) is 21.9. The second kappa shape index (κ2) is 9.54. The second-order valence-electron chi connectivity index (χ2n) is 8.21. The van der Waals surface area contributed by atoms with E-state index in [-0.39, 0.29) is 0 Å². The van der Waals surface area contributed by atoms with Gasteiger partial charge in [-0.2, -0.15) is 10.2 Å². The van der Waals surface area contributed by atoms with Crippen molar-refractivity contribution >= 4 is 12.2 Å². The Morgan fingerprint density at radius 3 is 2.29 bits per heavy atom. The molecule has 7 nitrogen and oxygen atoms in total. The molecule has 34 heavy (non-hydrogen) atoms. The van der Waals surface area contributed by atoms with Crippen LogP contribution in [0.5, 0.6) is 0 Å².